The number of hydrogen-bond acceptors (Lipinski definition) is 6. The molecule has 0 aromatic heterocycles. The van der Waals surface area contributed by atoms with Gasteiger partial charge in [0, 0.05) is 0 Å². The van der Waals surface area contributed by atoms with Crippen LogP contribution in [0.2, 0.25) is 0 Å². The first-order valence-corrected chi connectivity index (χ1v) is 16.9. The topological polar surface area (TPSA) is 69.9 Å². The molecule has 5 aromatic rings. The van der Waals surface area contributed by atoms with E-state index in [9.17, 15) is 5.26 Å². The lowest BCUT2D eigenvalue weighted by atomic mass is 9.88. The highest BCUT2D eigenvalue weighted by Gasteiger charge is 2.49. The molecule has 0 aliphatic carbocycles. The summed E-state index contributed by atoms with van der Waals surface area (Å²) < 4.78 is 33.9. The van der Waals surface area contributed by atoms with Gasteiger partial charge in [-0.05, 0) is 45.9 Å². The minimum absolute atomic E-state index is 0.290. The van der Waals surface area contributed by atoms with Crippen molar-refractivity contribution in [2.45, 2.75) is 70.3 Å². The van der Waals surface area contributed by atoms with E-state index in [4.69, 9.17) is 23.7 Å². The molecule has 6 nitrogen and oxygen atoms in total. The van der Waals surface area contributed by atoms with Crippen LogP contribution in [0.1, 0.15) is 45.0 Å². The second-order valence-corrected chi connectivity index (χ2v) is 12.4. The van der Waals surface area contributed by atoms with Gasteiger partial charge in [-0.25, -0.2) is 0 Å². The summed E-state index contributed by atoms with van der Waals surface area (Å²) in [5.41, 5.74) is 7.19. The van der Waals surface area contributed by atoms with E-state index in [-0.39, 0.29) is 0 Å². The molecular weight excluding hydrogens is 610 g/mol. The molecule has 5 aromatic carbocycles. The summed E-state index contributed by atoms with van der Waals surface area (Å²) >= 11 is 0. The molecule has 0 N–H and O–H groups in total. The largest absolute Gasteiger partial charge is 0.374 e. The fourth-order valence-electron chi connectivity index (χ4n) is 6.20. The number of ether oxygens (including phenoxy) is 5. The van der Waals surface area contributed by atoms with Crippen molar-refractivity contribution >= 4 is 0 Å². The minimum atomic E-state index is -0.535. The fourth-order valence-corrected chi connectivity index (χ4v) is 6.20. The van der Waals surface area contributed by atoms with Gasteiger partial charge in [0.1, 0.15) is 30.5 Å². The molecule has 5 atom stereocenters. The molecule has 1 aliphatic heterocycles. The first-order valence-electron chi connectivity index (χ1n) is 16.9. The summed E-state index contributed by atoms with van der Waals surface area (Å²) in [6.45, 7) is 3.88. The molecule has 1 heterocycles. The van der Waals surface area contributed by atoms with Gasteiger partial charge in [-0.3, -0.25) is 0 Å². The SMILES string of the molecule is Cc1ccc(C2O[C@H](COCc3ccccc3)[C@@H](OCc3ccccc3)[C@H](OCc3ccccc3)[C@H]2OCc2ccccc2)cc1CC#N. The van der Waals surface area contributed by atoms with Crippen molar-refractivity contribution in [3.05, 3.63) is 178 Å². The molecule has 0 amide bonds. The lowest BCUT2D eigenvalue weighted by Gasteiger charge is -2.46. The van der Waals surface area contributed by atoms with Crippen molar-refractivity contribution in [1.82, 2.24) is 0 Å². The highest BCUT2D eigenvalue weighted by Crippen LogP contribution is 2.39. The van der Waals surface area contributed by atoms with E-state index in [2.05, 4.69) is 72.8 Å². The van der Waals surface area contributed by atoms with E-state index >= 15 is 0 Å². The number of rotatable bonds is 15. The third-order valence-corrected chi connectivity index (χ3v) is 8.85. The van der Waals surface area contributed by atoms with Gasteiger partial charge in [-0.1, -0.05) is 140 Å². The molecule has 0 saturated carbocycles. The van der Waals surface area contributed by atoms with Gasteiger partial charge in [0.2, 0.25) is 0 Å². The molecule has 0 spiro atoms. The second kappa shape index (κ2) is 17.7. The third-order valence-electron chi connectivity index (χ3n) is 8.85. The number of aryl methyl sites for hydroxylation is 1. The van der Waals surface area contributed by atoms with Crippen molar-refractivity contribution in [2.24, 2.45) is 0 Å². The van der Waals surface area contributed by atoms with E-state index in [1.165, 1.54) is 0 Å². The summed E-state index contributed by atoms with van der Waals surface area (Å²) in [5, 5.41) is 9.59. The highest BCUT2D eigenvalue weighted by molar-refractivity contribution is 5.35. The molecule has 6 rings (SSSR count). The van der Waals surface area contributed by atoms with Crippen molar-refractivity contribution in [3.8, 4) is 6.07 Å². The van der Waals surface area contributed by atoms with Crippen LogP contribution in [0.5, 0.6) is 0 Å². The van der Waals surface area contributed by atoms with Crippen molar-refractivity contribution < 1.29 is 23.7 Å². The van der Waals surface area contributed by atoms with Crippen molar-refractivity contribution in [1.29, 1.82) is 5.26 Å². The Balaban J connectivity index is 1.37. The molecule has 250 valence electrons. The van der Waals surface area contributed by atoms with Gasteiger partial charge >= 0.3 is 0 Å². The molecule has 1 saturated heterocycles. The van der Waals surface area contributed by atoms with Gasteiger partial charge in [0.05, 0.1) is 45.5 Å². The number of hydrogen-bond donors (Lipinski definition) is 0. The first-order chi connectivity index (χ1) is 24.2. The van der Waals surface area contributed by atoms with Crippen LogP contribution in [0.4, 0.5) is 0 Å². The van der Waals surface area contributed by atoms with Gasteiger partial charge in [-0.2, -0.15) is 5.26 Å². The molecule has 6 heteroatoms. The van der Waals surface area contributed by atoms with Crippen LogP contribution in [0.15, 0.2) is 140 Å². The van der Waals surface area contributed by atoms with Crippen LogP contribution >= 0.6 is 0 Å². The maximum atomic E-state index is 9.59. The van der Waals surface area contributed by atoms with Crippen LogP contribution in [0.3, 0.4) is 0 Å². The Kier molecular flexibility index (Phi) is 12.4. The Labute approximate surface area is 289 Å². The molecular formula is C43H43NO5. The van der Waals surface area contributed by atoms with Gasteiger partial charge in [0.25, 0.3) is 0 Å². The third kappa shape index (κ3) is 9.51. The van der Waals surface area contributed by atoms with Crippen LogP contribution in [-0.2, 0) is 56.5 Å². The molecule has 0 bridgehead atoms. The minimum Gasteiger partial charge on any atom is -0.374 e. The zero-order valence-corrected chi connectivity index (χ0v) is 27.9. The van der Waals surface area contributed by atoms with Crippen LogP contribution < -0.4 is 0 Å². The maximum Gasteiger partial charge on any atom is 0.117 e. The van der Waals surface area contributed by atoms with Crippen LogP contribution in [-0.4, -0.2) is 31.0 Å². The van der Waals surface area contributed by atoms with E-state index < -0.39 is 30.5 Å². The summed E-state index contributed by atoms with van der Waals surface area (Å²) in [4.78, 5) is 0. The van der Waals surface area contributed by atoms with E-state index in [0.29, 0.717) is 39.5 Å². The Morgan fingerprint density at radius 3 is 1.55 bits per heavy atom. The first kappa shape index (κ1) is 34.3. The number of nitrogens with zero attached hydrogens (tertiary/aromatic N) is 1. The summed E-state index contributed by atoms with van der Waals surface area (Å²) in [6, 6.07) is 49.1. The Morgan fingerprint density at radius 2 is 1.04 bits per heavy atom. The Morgan fingerprint density at radius 1 is 0.571 bits per heavy atom. The average molecular weight is 654 g/mol. The maximum absolute atomic E-state index is 9.59. The predicted molar refractivity (Wildman–Crippen MR) is 189 cm³/mol. The smallest absolute Gasteiger partial charge is 0.117 e. The Bertz CT molecular complexity index is 1740. The van der Waals surface area contributed by atoms with Gasteiger partial charge < -0.3 is 23.7 Å². The van der Waals surface area contributed by atoms with Crippen LogP contribution in [0.25, 0.3) is 0 Å². The fraction of sp³-hybridized carbons (Fsp3) is 0.279. The van der Waals surface area contributed by atoms with Gasteiger partial charge in [0.15, 0.2) is 0 Å². The van der Waals surface area contributed by atoms with Crippen LogP contribution in [0, 0.1) is 18.3 Å². The quantitative estimate of drug-likeness (QED) is 0.113. The van der Waals surface area contributed by atoms with Gasteiger partial charge in [-0.15, -0.1) is 0 Å². The Hall–Kier alpha value is -4.61. The molecule has 1 unspecified atom stereocenters. The van der Waals surface area contributed by atoms with Crippen molar-refractivity contribution in [2.75, 3.05) is 6.61 Å². The van der Waals surface area contributed by atoms with Crippen molar-refractivity contribution in [3.63, 3.8) is 0 Å². The summed E-state index contributed by atoms with van der Waals surface area (Å²) in [7, 11) is 0. The second-order valence-electron chi connectivity index (χ2n) is 12.4. The normalized spacial score (nSPS) is 20.4. The monoisotopic (exact) mass is 653 g/mol. The zero-order valence-electron chi connectivity index (χ0n) is 27.9. The summed E-state index contributed by atoms with van der Waals surface area (Å²) in [6.07, 6.45) is -2.24. The molecule has 1 aliphatic rings. The predicted octanol–water partition coefficient (Wildman–Crippen LogP) is 8.47. The molecule has 0 radical (unpaired) electrons. The molecule has 49 heavy (non-hydrogen) atoms. The summed E-state index contributed by atoms with van der Waals surface area (Å²) in [5.74, 6) is 0. The molecule has 1 fully saturated rings. The standard InChI is InChI=1S/C43H43NO5/c1-32-22-23-38(26-37(32)24-25-44)40-42(47-29-35-18-10-4-11-19-35)43(48-30-36-20-12-5-13-21-36)41(46-28-34-16-8-3-9-17-34)39(49-40)31-45-27-33-14-6-2-7-15-33/h2-23,26,39-43H,24,27-31H2,1H3/t39-,40?,41-,42+,43+/m1/s1. The number of benzene rings is 5. The highest BCUT2D eigenvalue weighted by atomic mass is 16.6. The lowest BCUT2D eigenvalue weighted by molar-refractivity contribution is -0.275. The average Bonchev–Trinajstić information content (AvgIpc) is 3.15. The lowest BCUT2D eigenvalue weighted by Crippen LogP contribution is -2.58. The van der Waals surface area contributed by atoms with E-state index in [1.807, 2.05) is 79.7 Å². The van der Waals surface area contributed by atoms with E-state index in [1.54, 1.807) is 0 Å². The number of nitriles is 1. The zero-order chi connectivity index (χ0) is 33.7. The van der Waals surface area contributed by atoms with E-state index in [0.717, 1.165) is 38.9 Å².